The maximum Gasteiger partial charge on any atom is 0.254 e. The van der Waals surface area contributed by atoms with Crippen molar-refractivity contribution >= 4 is 21.8 Å². The first-order chi connectivity index (χ1) is 7.97. The minimum atomic E-state index is -0.0322. The van der Waals surface area contributed by atoms with E-state index < -0.39 is 0 Å². The smallest absolute Gasteiger partial charge is 0.254 e. The van der Waals surface area contributed by atoms with Crippen molar-refractivity contribution in [1.29, 1.82) is 0 Å². The Kier molecular flexibility index (Phi) is 5.18. The zero-order chi connectivity index (χ0) is 13.0. The summed E-state index contributed by atoms with van der Waals surface area (Å²) in [5.74, 6) is 0.392. The third kappa shape index (κ3) is 3.56. The molecule has 0 saturated heterocycles. The predicted octanol–water partition coefficient (Wildman–Crippen LogP) is 2.27. The topological polar surface area (TPSA) is 46.9 Å². The van der Waals surface area contributed by atoms with Crippen LogP contribution in [0.15, 0.2) is 6.20 Å². The number of rotatable bonds is 5. The summed E-state index contributed by atoms with van der Waals surface area (Å²) in [6.07, 6.45) is 2.55. The standard InChI is InChI=1S/C12H20BrN3O/c1-8(2)11(5-6-13)15-12(17)10-7-14-16(4)9(10)3/h7-8,11H,5-6H2,1-4H3,(H,15,17). The van der Waals surface area contributed by atoms with Gasteiger partial charge in [-0.3, -0.25) is 9.48 Å². The molecule has 0 aliphatic heterocycles. The Balaban J connectivity index is 2.74. The number of carbonyl (C=O) groups is 1. The molecule has 1 heterocycles. The molecule has 1 aromatic heterocycles. The molecule has 0 aromatic carbocycles. The van der Waals surface area contributed by atoms with Gasteiger partial charge in [-0.2, -0.15) is 5.10 Å². The predicted molar refractivity (Wildman–Crippen MR) is 72.4 cm³/mol. The Morgan fingerprint density at radius 1 is 1.59 bits per heavy atom. The number of carbonyl (C=O) groups excluding carboxylic acids is 1. The zero-order valence-electron chi connectivity index (χ0n) is 10.8. The number of nitrogens with zero attached hydrogens (tertiary/aromatic N) is 2. The Morgan fingerprint density at radius 2 is 2.24 bits per heavy atom. The molecule has 0 bridgehead atoms. The summed E-state index contributed by atoms with van der Waals surface area (Å²) in [7, 11) is 1.84. The van der Waals surface area contributed by atoms with E-state index >= 15 is 0 Å². The largest absolute Gasteiger partial charge is 0.349 e. The molecule has 0 fully saturated rings. The van der Waals surface area contributed by atoms with Gasteiger partial charge in [0.1, 0.15) is 0 Å². The molecule has 1 rings (SSSR count). The molecule has 1 amide bonds. The van der Waals surface area contributed by atoms with E-state index in [2.05, 4.69) is 40.2 Å². The van der Waals surface area contributed by atoms with Crippen LogP contribution in [0.3, 0.4) is 0 Å². The summed E-state index contributed by atoms with van der Waals surface area (Å²) < 4.78 is 1.71. The third-order valence-electron chi connectivity index (χ3n) is 3.02. The van der Waals surface area contributed by atoms with Gasteiger partial charge >= 0.3 is 0 Å². The number of aryl methyl sites for hydroxylation is 1. The fraction of sp³-hybridized carbons (Fsp3) is 0.667. The maximum absolute atomic E-state index is 12.1. The van der Waals surface area contributed by atoms with E-state index in [1.165, 1.54) is 0 Å². The average molecular weight is 302 g/mol. The molecule has 1 aromatic rings. The Bertz CT molecular complexity index is 387. The second-order valence-corrected chi connectivity index (χ2v) is 5.36. The van der Waals surface area contributed by atoms with Crippen LogP contribution in [0.4, 0.5) is 0 Å². The van der Waals surface area contributed by atoms with E-state index in [1.807, 2.05) is 14.0 Å². The quantitative estimate of drug-likeness (QED) is 0.848. The lowest BCUT2D eigenvalue weighted by molar-refractivity contribution is 0.0924. The number of halogens is 1. The third-order valence-corrected chi connectivity index (χ3v) is 3.48. The van der Waals surface area contributed by atoms with E-state index in [0.29, 0.717) is 11.5 Å². The second kappa shape index (κ2) is 6.19. The van der Waals surface area contributed by atoms with Crippen molar-refractivity contribution < 1.29 is 4.79 Å². The van der Waals surface area contributed by atoms with Gasteiger partial charge in [-0.1, -0.05) is 29.8 Å². The van der Waals surface area contributed by atoms with E-state index in [4.69, 9.17) is 0 Å². The minimum Gasteiger partial charge on any atom is -0.349 e. The van der Waals surface area contributed by atoms with Crippen molar-refractivity contribution in [2.75, 3.05) is 5.33 Å². The van der Waals surface area contributed by atoms with Gasteiger partial charge in [-0.25, -0.2) is 0 Å². The highest BCUT2D eigenvalue weighted by atomic mass is 79.9. The van der Waals surface area contributed by atoms with E-state index in [9.17, 15) is 4.79 Å². The average Bonchev–Trinajstić information content (AvgIpc) is 2.59. The first-order valence-electron chi connectivity index (χ1n) is 5.82. The van der Waals surface area contributed by atoms with Gasteiger partial charge in [-0.15, -0.1) is 0 Å². The van der Waals surface area contributed by atoms with E-state index in [-0.39, 0.29) is 11.9 Å². The van der Waals surface area contributed by atoms with Gasteiger partial charge in [0.25, 0.3) is 5.91 Å². The van der Waals surface area contributed by atoms with Crippen molar-refractivity contribution in [3.05, 3.63) is 17.5 Å². The summed E-state index contributed by atoms with van der Waals surface area (Å²) in [5.41, 5.74) is 1.55. The van der Waals surface area contributed by atoms with Crippen LogP contribution in [0, 0.1) is 12.8 Å². The number of hydrogen-bond donors (Lipinski definition) is 1. The van der Waals surface area contributed by atoms with Crippen LogP contribution in [0.25, 0.3) is 0 Å². The molecule has 0 aliphatic rings. The van der Waals surface area contributed by atoms with E-state index in [0.717, 1.165) is 17.4 Å². The molecule has 1 unspecified atom stereocenters. The minimum absolute atomic E-state index is 0.0322. The normalized spacial score (nSPS) is 12.8. The number of amides is 1. The maximum atomic E-state index is 12.1. The first-order valence-corrected chi connectivity index (χ1v) is 6.95. The van der Waals surface area contributed by atoms with Crippen LogP contribution >= 0.6 is 15.9 Å². The highest BCUT2D eigenvalue weighted by Gasteiger charge is 2.19. The van der Waals surface area contributed by atoms with Crippen molar-refractivity contribution in [2.24, 2.45) is 13.0 Å². The fourth-order valence-electron chi connectivity index (χ4n) is 1.66. The molecule has 96 valence electrons. The van der Waals surface area contributed by atoms with Crippen molar-refractivity contribution in [2.45, 2.75) is 33.2 Å². The van der Waals surface area contributed by atoms with Gasteiger partial charge in [-0.05, 0) is 19.3 Å². The zero-order valence-corrected chi connectivity index (χ0v) is 12.4. The summed E-state index contributed by atoms with van der Waals surface area (Å²) in [4.78, 5) is 12.1. The number of hydrogen-bond acceptors (Lipinski definition) is 2. The summed E-state index contributed by atoms with van der Waals surface area (Å²) in [6, 6.07) is 0.196. The van der Waals surface area contributed by atoms with Gasteiger partial charge in [0.2, 0.25) is 0 Å². The van der Waals surface area contributed by atoms with Gasteiger partial charge < -0.3 is 5.32 Å². The van der Waals surface area contributed by atoms with Crippen LogP contribution in [-0.2, 0) is 7.05 Å². The van der Waals surface area contributed by atoms with Crippen molar-refractivity contribution in [3.8, 4) is 0 Å². The number of nitrogens with one attached hydrogen (secondary N) is 1. The summed E-state index contributed by atoms with van der Waals surface area (Å²) in [5, 5.41) is 8.04. The SMILES string of the molecule is Cc1c(C(=O)NC(CCBr)C(C)C)cnn1C. The van der Waals surface area contributed by atoms with Crippen LogP contribution < -0.4 is 5.32 Å². The fourth-order valence-corrected chi connectivity index (χ4v) is 2.15. The molecule has 5 heteroatoms. The Hall–Kier alpha value is -0.840. The number of aromatic nitrogens is 2. The molecule has 0 spiro atoms. The van der Waals surface area contributed by atoms with Gasteiger partial charge in [0.05, 0.1) is 11.8 Å². The number of alkyl halides is 1. The monoisotopic (exact) mass is 301 g/mol. The first kappa shape index (κ1) is 14.2. The second-order valence-electron chi connectivity index (χ2n) is 4.57. The van der Waals surface area contributed by atoms with Crippen molar-refractivity contribution in [1.82, 2.24) is 15.1 Å². The van der Waals surface area contributed by atoms with Crippen LogP contribution in [-0.4, -0.2) is 27.1 Å². The lowest BCUT2D eigenvalue weighted by atomic mass is 10.0. The molecule has 0 aliphatic carbocycles. The van der Waals surface area contributed by atoms with Crippen molar-refractivity contribution in [3.63, 3.8) is 0 Å². The highest BCUT2D eigenvalue weighted by Crippen LogP contribution is 2.11. The van der Waals surface area contributed by atoms with E-state index in [1.54, 1.807) is 10.9 Å². The molecule has 0 radical (unpaired) electrons. The highest BCUT2D eigenvalue weighted by molar-refractivity contribution is 9.09. The van der Waals surface area contributed by atoms with Crippen LogP contribution in [0.5, 0.6) is 0 Å². The molecule has 1 atom stereocenters. The lowest BCUT2D eigenvalue weighted by Gasteiger charge is -2.21. The molecular weight excluding hydrogens is 282 g/mol. The van der Waals surface area contributed by atoms with Crippen LogP contribution in [0.2, 0.25) is 0 Å². The van der Waals surface area contributed by atoms with Crippen LogP contribution in [0.1, 0.15) is 36.3 Å². The Labute approximate surface area is 111 Å². The summed E-state index contributed by atoms with van der Waals surface area (Å²) >= 11 is 3.42. The molecule has 17 heavy (non-hydrogen) atoms. The van der Waals surface area contributed by atoms with Gasteiger partial charge in [0.15, 0.2) is 0 Å². The Morgan fingerprint density at radius 3 is 2.65 bits per heavy atom. The summed E-state index contributed by atoms with van der Waals surface area (Å²) in [6.45, 7) is 6.13. The molecule has 4 nitrogen and oxygen atoms in total. The molecular formula is C12H20BrN3O. The van der Waals surface area contributed by atoms with Gasteiger partial charge in [0, 0.05) is 24.1 Å². The lowest BCUT2D eigenvalue weighted by Crippen LogP contribution is -2.39. The molecule has 0 saturated carbocycles. The molecule has 1 N–H and O–H groups in total.